The molecule has 2 heterocycles. The molecule has 4 rings (SSSR count). The molecule has 1 aliphatic rings. The Morgan fingerprint density at radius 3 is 2.52 bits per heavy atom. The number of benzene rings is 2. The molecule has 0 aliphatic carbocycles. The van der Waals surface area contributed by atoms with Gasteiger partial charge in [0.05, 0.1) is 25.7 Å². The average Bonchev–Trinajstić information content (AvgIpc) is 2.77. The molecule has 0 amide bonds. The molecular weight excluding hydrogens is 382 g/mol. The zero-order valence-electron chi connectivity index (χ0n) is 15.9. The number of ether oxygens (including phenoxy) is 1. The number of hydrogen-bond donors (Lipinski definition) is 1. The predicted molar refractivity (Wildman–Crippen MR) is 115 cm³/mol. The molecule has 1 saturated heterocycles. The molecular formula is C22H21N5OS. The van der Waals surface area contributed by atoms with Gasteiger partial charge in [0.2, 0.25) is 5.95 Å². The van der Waals surface area contributed by atoms with Gasteiger partial charge >= 0.3 is 0 Å². The lowest BCUT2D eigenvalue weighted by Crippen LogP contribution is -2.36. The Kier molecular flexibility index (Phi) is 6.25. The first-order valence-corrected chi connectivity index (χ1v) is 10.3. The molecule has 0 radical (unpaired) electrons. The van der Waals surface area contributed by atoms with Gasteiger partial charge in [0.25, 0.3) is 0 Å². The van der Waals surface area contributed by atoms with E-state index in [-0.39, 0.29) is 0 Å². The van der Waals surface area contributed by atoms with Crippen LogP contribution in [0, 0.1) is 11.3 Å². The Morgan fingerprint density at radius 2 is 1.79 bits per heavy atom. The summed E-state index contributed by atoms with van der Waals surface area (Å²) in [5.74, 6) is 0.565. The van der Waals surface area contributed by atoms with E-state index in [2.05, 4.69) is 38.4 Å². The minimum Gasteiger partial charge on any atom is -0.378 e. The number of morpholine rings is 1. The molecule has 6 nitrogen and oxygen atoms in total. The van der Waals surface area contributed by atoms with Crippen molar-refractivity contribution in [1.82, 2.24) is 9.97 Å². The van der Waals surface area contributed by atoms with Crippen molar-refractivity contribution >= 4 is 29.1 Å². The monoisotopic (exact) mass is 403 g/mol. The molecule has 0 saturated carbocycles. The van der Waals surface area contributed by atoms with E-state index in [4.69, 9.17) is 10.00 Å². The van der Waals surface area contributed by atoms with Gasteiger partial charge in [-0.25, -0.2) is 9.97 Å². The summed E-state index contributed by atoms with van der Waals surface area (Å²) in [5.41, 5.74) is 3.16. The third-order valence-corrected chi connectivity index (χ3v) is 5.50. The maximum absolute atomic E-state index is 8.77. The first-order valence-electron chi connectivity index (χ1n) is 9.47. The second-order valence-corrected chi connectivity index (χ2v) is 7.66. The summed E-state index contributed by atoms with van der Waals surface area (Å²) in [5, 5.41) is 12.9. The molecule has 1 N–H and O–H groups in total. The van der Waals surface area contributed by atoms with Gasteiger partial charge in [0.15, 0.2) is 0 Å². The molecule has 7 heteroatoms. The molecule has 0 bridgehead atoms. The van der Waals surface area contributed by atoms with E-state index < -0.39 is 0 Å². The molecule has 1 fully saturated rings. The van der Waals surface area contributed by atoms with Crippen LogP contribution in [0.4, 0.5) is 17.3 Å². The van der Waals surface area contributed by atoms with Gasteiger partial charge in [-0.3, -0.25) is 0 Å². The quantitative estimate of drug-likeness (QED) is 0.616. The third kappa shape index (κ3) is 5.25. The van der Waals surface area contributed by atoms with Crippen molar-refractivity contribution in [3.63, 3.8) is 0 Å². The molecule has 1 aliphatic heterocycles. The van der Waals surface area contributed by atoms with Crippen LogP contribution in [0.15, 0.2) is 70.7 Å². The second kappa shape index (κ2) is 9.41. The highest BCUT2D eigenvalue weighted by molar-refractivity contribution is 7.99. The Bertz CT molecular complexity index is 979. The molecule has 29 heavy (non-hydrogen) atoms. The zero-order chi connectivity index (χ0) is 19.9. The van der Waals surface area contributed by atoms with Crippen LogP contribution in [-0.2, 0) is 11.2 Å². The second-order valence-electron chi connectivity index (χ2n) is 6.57. The van der Waals surface area contributed by atoms with Gasteiger partial charge in [-0.1, -0.05) is 23.9 Å². The van der Waals surface area contributed by atoms with E-state index in [0.29, 0.717) is 12.4 Å². The van der Waals surface area contributed by atoms with E-state index in [1.54, 1.807) is 18.0 Å². The number of aromatic nitrogens is 2. The van der Waals surface area contributed by atoms with Crippen LogP contribution < -0.4 is 10.2 Å². The number of anilines is 3. The summed E-state index contributed by atoms with van der Waals surface area (Å²) >= 11 is 1.57. The summed E-state index contributed by atoms with van der Waals surface area (Å²) in [4.78, 5) is 12.3. The van der Waals surface area contributed by atoms with Gasteiger partial charge in [-0.05, 0) is 48.0 Å². The van der Waals surface area contributed by atoms with E-state index >= 15 is 0 Å². The Hall–Kier alpha value is -3.08. The van der Waals surface area contributed by atoms with E-state index in [9.17, 15) is 0 Å². The van der Waals surface area contributed by atoms with Crippen LogP contribution in [0.25, 0.3) is 0 Å². The third-order valence-electron chi connectivity index (χ3n) is 4.56. The van der Waals surface area contributed by atoms with Crippen LogP contribution in [0.3, 0.4) is 0 Å². The minimum atomic E-state index is 0.427. The minimum absolute atomic E-state index is 0.427. The molecule has 0 unspecified atom stereocenters. The molecule has 0 spiro atoms. The van der Waals surface area contributed by atoms with Crippen LogP contribution in [0.5, 0.6) is 0 Å². The van der Waals surface area contributed by atoms with E-state index in [0.717, 1.165) is 47.5 Å². The molecule has 3 aromatic rings. The van der Waals surface area contributed by atoms with Gasteiger partial charge in [0.1, 0.15) is 5.03 Å². The lowest BCUT2D eigenvalue weighted by Gasteiger charge is -2.28. The molecule has 1 aromatic heterocycles. The summed E-state index contributed by atoms with van der Waals surface area (Å²) in [7, 11) is 0. The van der Waals surface area contributed by atoms with Gasteiger partial charge in [-0.15, -0.1) is 0 Å². The fourth-order valence-corrected chi connectivity index (χ4v) is 3.83. The number of hydrogen-bond acceptors (Lipinski definition) is 7. The lowest BCUT2D eigenvalue weighted by molar-refractivity contribution is 0.122. The largest absolute Gasteiger partial charge is 0.378 e. The van der Waals surface area contributed by atoms with Crippen LogP contribution >= 0.6 is 11.8 Å². The van der Waals surface area contributed by atoms with E-state index in [1.807, 2.05) is 42.5 Å². The topological polar surface area (TPSA) is 74.1 Å². The van der Waals surface area contributed by atoms with Crippen molar-refractivity contribution in [2.75, 3.05) is 36.5 Å². The fourth-order valence-electron chi connectivity index (χ4n) is 3.05. The van der Waals surface area contributed by atoms with Crippen LogP contribution in [0.2, 0.25) is 0 Å². The van der Waals surface area contributed by atoms with Crippen LogP contribution in [-0.4, -0.2) is 36.3 Å². The van der Waals surface area contributed by atoms with Crippen molar-refractivity contribution in [1.29, 1.82) is 5.26 Å². The highest BCUT2D eigenvalue weighted by Crippen LogP contribution is 2.27. The maximum Gasteiger partial charge on any atom is 0.228 e. The van der Waals surface area contributed by atoms with Crippen molar-refractivity contribution in [2.24, 2.45) is 0 Å². The zero-order valence-corrected chi connectivity index (χ0v) is 16.7. The van der Waals surface area contributed by atoms with Crippen molar-refractivity contribution < 1.29 is 4.74 Å². The van der Waals surface area contributed by atoms with Gasteiger partial charge in [0, 0.05) is 35.6 Å². The van der Waals surface area contributed by atoms with Gasteiger partial charge < -0.3 is 15.0 Å². The highest BCUT2D eigenvalue weighted by Gasteiger charge is 2.11. The Balaban J connectivity index is 1.40. The SMILES string of the molecule is N#CCc1ccc(Sc2ccnc(Nc3ccc(N4CCOCC4)cc3)n2)cc1. The summed E-state index contributed by atoms with van der Waals surface area (Å²) < 4.78 is 5.41. The van der Waals surface area contributed by atoms with Crippen LogP contribution in [0.1, 0.15) is 5.56 Å². The predicted octanol–water partition coefficient (Wildman–Crippen LogP) is 4.27. The van der Waals surface area contributed by atoms with Gasteiger partial charge in [-0.2, -0.15) is 5.26 Å². The number of nitrogens with one attached hydrogen (secondary N) is 1. The van der Waals surface area contributed by atoms with Crippen molar-refractivity contribution in [3.8, 4) is 6.07 Å². The summed E-state index contributed by atoms with van der Waals surface area (Å²) in [6, 6.07) is 20.3. The molecule has 146 valence electrons. The number of nitriles is 1. The first kappa shape index (κ1) is 19.2. The van der Waals surface area contributed by atoms with Crippen molar-refractivity contribution in [2.45, 2.75) is 16.3 Å². The standard InChI is InChI=1S/C22H21N5OS/c23-11-9-17-1-7-20(8-2-17)29-21-10-12-24-22(26-21)25-18-3-5-19(6-4-18)27-13-15-28-16-14-27/h1-8,10,12H,9,13-16H2,(H,24,25,26). The smallest absolute Gasteiger partial charge is 0.228 e. The molecule has 2 aromatic carbocycles. The Labute approximate surface area is 174 Å². The maximum atomic E-state index is 8.77. The molecule has 0 atom stereocenters. The van der Waals surface area contributed by atoms with Crippen molar-refractivity contribution in [3.05, 3.63) is 66.4 Å². The number of rotatable bonds is 6. The fraction of sp³-hybridized carbons (Fsp3) is 0.227. The Morgan fingerprint density at radius 1 is 1.03 bits per heavy atom. The normalized spacial score (nSPS) is 13.7. The average molecular weight is 404 g/mol. The first-order chi connectivity index (χ1) is 14.3. The summed E-state index contributed by atoms with van der Waals surface area (Å²) in [6.45, 7) is 3.40. The summed E-state index contributed by atoms with van der Waals surface area (Å²) in [6.07, 6.45) is 2.18. The lowest BCUT2D eigenvalue weighted by atomic mass is 10.2. The highest BCUT2D eigenvalue weighted by atomic mass is 32.2. The number of nitrogens with zero attached hydrogens (tertiary/aromatic N) is 4. The van der Waals surface area contributed by atoms with E-state index in [1.165, 1.54) is 5.69 Å².